The third-order valence-electron chi connectivity index (χ3n) is 2.74. The molecule has 2 aromatic rings. The summed E-state index contributed by atoms with van der Waals surface area (Å²) in [4.78, 5) is 4.13. The Morgan fingerprint density at radius 1 is 1.20 bits per heavy atom. The van der Waals surface area contributed by atoms with Gasteiger partial charge in [-0.2, -0.15) is 13.2 Å². The van der Waals surface area contributed by atoms with Crippen LogP contribution in [0.1, 0.15) is 16.8 Å². The molecule has 0 aliphatic carbocycles. The van der Waals surface area contributed by atoms with Crippen LogP contribution in [0.3, 0.4) is 0 Å². The van der Waals surface area contributed by atoms with E-state index in [9.17, 15) is 13.2 Å². The molecular weight excluding hydrogens is 289 g/mol. The Morgan fingerprint density at radius 2 is 1.95 bits per heavy atom. The van der Waals surface area contributed by atoms with E-state index < -0.39 is 11.7 Å². The van der Waals surface area contributed by atoms with Crippen LogP contribution < -0.4 is 5.32 Å². The largest absolute Gasteiger partial charge is 0.418 e. The summed E-state index contributed by atoms with van der Waals surface area (Å²) in [6.45, 7) is 2.06. The van der Waals surface area contributed by atoms with E-state index in [4.69, 9.17) is 11.6 Å². The van der Waals surface area contributed by atoms with E-state index in [0.717, 1.165) is 11.6 Å². The summed E-state index contributed by atoms with van der Waals surface area (Å²) < 4.78 is 38.7. The number of anilines is 1. The van der Waals surface area contributed by atoms with Gasteiger partial charge < -0.3 is 5.32 Å². The van der Waals surface area contributed by atoms with Gasteiger partial charge in [0.25, 0.3) is 0 Å². The van der Waals surface area contributed by atoms with Gasteiger partial charge in [-0.1, -0.05) is 23.7 Å². The molecule has 1 N–H and O–H groups in total. The summed E-state index contributed by atoms with van der Waals surface area (Å²) in [6.07, 6.45) is -2.79. The molecule has 6 heteroatoms. The van der Waals surface area contributed by atoms with Crippen LogP contribution in [0.25, 0.3) is 0 Å². The van der Waals surface area contributed by atoms with Gasteiger partial charge in [-0.05, 0) is 30.7 Å². The number of halogens is 4. The van der Waals surface area contributed by atoms with E-state index >= 15 is 0 Å². The van der Waals surface area contributed by atoms with Crippen molar-refractivity contribution in [3.63, 3.8) is 0 Å². The van der Waals surface area contributed by atoms with Gasteiger partial charge in [0.05, 0.1) is 28.5 Å². The van der Waals surface area contributed by atoms with Gasteiger partial charge in [0.1, 0.15) is 0 Å². The fourth-order valence-electron chi connectivity index (χ4n) is 1.72. The van der Waals surface area contributed by atoms with Crippen LogP contribution in [-0.2, 0) is 12.7 Å². The van der Waals surface area contributed by atoms with Crippen molar-refractivity contribution in [1.82, 2.24) is 4.98 Å². The molecule has 0 fully saturated rings. The number of benzene rings is 1. The summed E-state index contributed by atoms with van der Waals surface area (Å²) in [6, 6.07) is 7.30. The Bertz CT molecular complexity index is 594. The molecule has 1 heterocycles. The van der Waals surface area contributed by atoms with Crippen LogP contribution in [0.15, 0.2) is 36.5 Å². The van der Waals surface area contributed by atoms with E-state index in [1.165, 1.54) is 12.1 Å². The van der Waals surface area contributed by atoms with Crippen molar-refractivity contribution in [3.8, 4) is 0 Å². The minimum absolute atomic E-state index is 0.0342. The zero-order valence-electron chi connectivity index (χ0n) is 10.6. The van der Waals surface area contributed by atoms with Crippen molar-refractivity contribution in [1.29, 1.82) is 0 Å². The van der Waals surface area contributed by atoms with Gasteiger partial charge >= 0.3 is 6.18 Å². The molecule has 1 aromatic carbocycles. The van der Waals surface area contributed by atoms with Crippen LogP contribution in [0, 0.1) is 6.92 Å². The lowest BCUT2D eigenvalue weighted by molar-refractivity contribution is -0.136. The monoisotopic (exact) mass is 300 g/mol. The fraction of sp³-hybridized carbons (Fsp3) is 0.214. The normalized spacial score (nSPS) is 11.4. The second-order valence-electron chi connectivity index (χ2n) is 4.34. The summed E-state index contributed by atoms with van der Waals surface area (Å²) in [5, 5.41) is 2.74. The molecule has 0 bridgehead atoms. The van der Waals surface area contributed by atoms with Crippen molar-refractivity contribution >= 4 is 17.3 Å². The molecule has 0 radical (unpaired) electrons. The van der Waals surface area contributed by atoms with Crippen molar-refractivity contribution in [2.24, 2.45) is 0 Å². The Hall–Kier alpha value is -1.75. The van der Waals surface area contributed by atoms with Gasteiger partial charge in [0.15, 0.2) is 0 Å². The van der Waals surface area contributed by atoms with Crippen molar-refractivity contribution < 1.29 is 13.2 Å². The third-order valence-corrected chi connectivity index (χ3v) is 3.05. The van der Waals surface area contributed by atoms with Crippen LogP contribution in [-0.4, -0.2) is 4.98 Å². The van der Waals surface area contributed by atoms with Crippen LogP contribution in [0.2, 0.25) is 5.02 Å². The van der Waals surface area contributed by atoms with E-state index in [1.54, 1.807) is 12.3 Å². The maximum absolute atomic E-state index is 12.9. The first kappa shape index (κ1) is 14.7. The number of nitrogens with zero attached hydrogens (tertiary/aromatic N) is 1. The lowest BCUT2D eigenvalue weighted by atomic mass is 10.1. The third kappa shape index (κ3) is 3.42. The molecule has 0 unspecified atom stereocenters. The molecule has 0 aliphatic heterocycles. The van der Waals surface area contributed by atoms with Crippen LogP contribution in [0.5, 0.6) is 0 Å². The summed E-state index contributed by atoms with van der Waals surface area (Å²) >= 11 is 5.84. The molecule has 0 atom stereocenters. The number of aryl methyl sites for hydroxylation is 1. The minimum Gasteiger partial charge on any atom is -0.378 e. The molecule has 2 rings (SSSR count). The van der Waals surface area contributed by atoms with Gasteiger partial charge in [-0.3, -0.25) is 4.98 Å². The van der Waals surface area contributed by atoms with Gasteiger partial charge in [-0.15, -0.1) is 0 Å². The molecule has 0 aliphatic rings. The number of hydrogen-bond acceptors (Lipinski definition) is 2. The second-order valence-corrected chi connectivity index (χ2v) is 4.75. The number of para-hydroxylation sites is 1. The average molecular weight is 301 g/mol. The Kier molecular flexibility index (Phi) is 4.18. The first-order valence-corrected chi connectivity index (χ1v) is 6.27. The van der Waals surface area contributed by atoms with E-state index in [2.05, 4.69) is 10.3 Å². The molecule has 1 aromatic heterocycles. The molecule has 0 saturated carbocycles. The van der Waals surface area contributed by atoms with Gasteiger partial charge in [0.2, 0.25) is 0 Å². The molecule has 0 amide bonds. The highest BCUT2D eigenvalue weighted by molar-refractivity contribution is 6.33. The van der Waals surface area contributed by atoms with E-state index in [1.807, 2.05) is 13.0 Å². The number of aromatic nitrogens is 1. The highest BCUT2D eigenvalue weighted by Crippen LogP contribution is 2.38. The standard InChI is InChI=1S/C14H12ClF3N2/c1-9-5-6-10(19-7-9)8-20-13-11(14(16,17)18)3-2-4-12(13)15/h2-7,20H,8H2,1H3. The van der Waals surface area contributed by atoms with Gasteiger partial charge in [-0.25, -0.2) is 0 Å². The Labute approximate surface area is 119 Å². The van der Waals surface area contributed by atoms with Gasteiger partial charge in [0, 0.05) is 6.20 Å². The van der Waals surface area contributed by atoms with E-state index in [-0.39, 0.29) is 17.3 Å². The molecule has 0 spiro atoms. The number of pyridine rings is 1. The summed E-state index contributed by atoms with van der Waals surface area (Å²) in [5.74, 6) is 0. The Morgan fingerprint density at radius 3 is 2.55 bits per heavy atom. The molecule has 2 nitrogen and oxygen atoms in total. The lowest BCUT2D eigenvalue weighted by Gasteiger charge is -2.15. The zero-order chi connectivity index (χ0) is 14.8. The zero-order valence-corrected chi connectivity index (χ0v) is 11.4. The maximum atomic E-state index is 12.9. The second kappa shape index (κ2) is 5.71. The number of nitrogens with one attached hydrogen (secondary N) is 1. The first-order valence-electron chi connectivity index (χ1n) is 5.89. The van der Waals surface area contributed by atoms with E-state index in [0.29, 0.717) is 5.69 Å². The summed E-state index contributed by atoms with van der Waals surface area (Å²) in [7, 11) is 0. The highest BCUT2D eigenvalue weighted by atomic mass is 35.5. The topological polar surface area (TPSA) is 24.9 Å². The SMILES string of the molecule is Cc1ccc(CNc2c(Cl)cccc2C(F)(F)F)nc1. The fourth-order valence-corrected chi connectivity index (χ4v) is 1.96. The van der Waals surface area contributed by atoms with Crippen LogP contribution in [0.4, 0.5) is 18.9 Å². The molecule has 0 saturated heterocycles. The number of rotatable bonds is 3. The van der Waals surface area contributed by atoms with Crippen molar-refractivity contribution in [2.75, 3.05) is 5.32 Å². The average Bonchev–Trinajstić information content (AvgIpc) is 2.38. The number of alkyl halides is 3. The molecule has 106 valence electrons. The minimum atomic E-state index is -4.45. The van der Waals surface area contributed by atoms with Crippen molar-refractivity contribution in [2.45, 2.75) is 19.6 Å². The number of hydrogen-bond donors (Lipinski definition) is 1. The van der Waals surface area contributed by atoms with Crippen molar-refractivity contribution in [3.05, 3.63) is 58.4 Å². The lowest BCUT2D eigenvalue weighted by Crippen LogP contribution is -2.11. The maximum Gasteiger partial charge on any atom is 0.418 e. The predicted molar refractivity (Wildman–Crippen MR) is 72.8 cm³/mol. The molecular formula is C14H12ClF3N2. The Balaban J connectivity index is 2.23. The smallest absolute Gasteiger partial charge is 0.378 e. The highest BCUT2D eigenvalue weighted by Gasteiger charge is 2.34. The first-order chi connectivity index (χ1) is 9.38. The predicted octanol–water partition coefficient (Wildman–Crippen LogP) is 4.67. The van der Waals surface area contributed by atoms with Crippen LogP contribution >= 0.6 is 11.6 Å². The quantitative estimate of drug-likeness (QED) is 0.890. The molecule has 20 heavy (non-hydrogen) atoms. The summed E-state index contributed by atoms with van der Waals surface area (Å²) in [5.41, 5.74) is 0.729.